The molecule has 0 unspecified atom stereocenters. The lowest BCUT2D eigenvalue weighted by Gasteiger charge is -2.08. The van der Waals surface area contributed by atoms with E-state index in [0.29, 0.717) is 12.8 Å². The monoisotopic (exact) mass is 385 g/mol. The fourth-order valence-corrected chi connectivity index (χ4v) is 3.42. The van der Waals surface area contributed by atoms with Crippen molar-refractivity contribution in [2.24, 2.45) is 7.05 Å². The van der Waals surface area contributed by atoms with Gasteiger partial charge in [0.1, 0.15) is 11.6 Å². The van der Waals surface area contributed by atoms with Gasteiger partial charge in [-0.25, -0.2) is 4.98 Å². The molecule has 5 heteroatoms. The van der Waals surface area contributed by atoms with Gasteiger partial charge in [-0.1, -0.05) is 24.3 Å². The van der Waals surface area contributed by atoms with Crippen LogP contribution in [0.1, 0.15) is 12.0 Å². The van der Waals surface area contributed by atoms with Gasteiger partial charge in [0.15, 0.2) is 0 Å². The summed E-state index contributed by atoms with van der Waals surface area (Å²) in [5.74, 6) is 1.70. The number of nitrogens with zero attached hydrogens (tertiary/aromatic N) is 2. The van der Waals surface area contributed by atoms with Gasteiger partial charge in [-0.2, -0.15) is 0 Å². The van der Waals surface area contributed by atoms with Crippen LogP contribution in [0, 0.1) is 0 Å². The lowest BCUT2D eigenvalue weighted by Crippen LogP contribution is -2.12. The third-order valence-corrected chi connectivity index (χ3v) is 4.99. The number of hydrogen-bond donors (Lipinski definition) is 1. The standard InChI is InChI=1S/C24H23N3O2/c1-27-22-9-4-3-8-21(22)26-24(27)18-11-13-19(14-12-18)25-23(28)15-10-17-6-5-7-20(16-17)29-2/h3-9,11-14,16H,10,15H2,1-2H3,(H,25,28). The number of methoxy groups -OCH3 is 1. The van der Waals surface area contributed by atoms with Crippen LogP contribution in [0.3, 0.4) is 0 Å². The second-order valence-corrected chi connectivity index (χ2v) is 6.96. The van der Waals surface area contributed by atoms with Crippen LogP contribution in [0.4, 0.5) is 5.69 Å². The van der Waals surface area contributed by atoms with Gasteiger partial charge < -0.3 is 14.6 Å². The van der Waals surface area contributed by atoms with Crippen molar-refractivity contribution in [3.05, 3.63) is 78.4 Å². The van der Waals surface area contributed by atoms with Crippen molar-refractivity contribution in [3.63, 3.8) is 0 Å². The number of nitrogens with one attached hydrogen (secondary N) is 1. The number of rotatable bonds is 6. The summed E-state index contributed by atoms with van der Waals surface area (Å²) < 4.78 is 7.31. The minimum atomic E-state index is -0.0108. The largest absolute Gasteiger partial charge is 0.497 e. The molecule has 0 fully saturated rings. The number of carbonyl (C=O) groups is 1. The second kappa shape index (κ2) is 8.19. The lowest BCUT2D eigenvalue weighted by molar-refractivity contribution is -0.116. The number of amides is 1. The van der Waals surface area contributed by atoms with E-state index in [4.69, 9.17) is 9.72 Å². The number of imidazole rings is 1. The molecule has 0 aliphatic carbocycles. The molecule has 0 saturated carbocycles. The van der Waals surface area contributed by atoms with Crippen molar-refractivity contribution in [2.75, 3.05) is 12.4 Å². The summed E-state index contributed by atoms with van der Waals surface area (Å²) in [5.41, 5.74) is 4.94. The zero-order chi connectivity index (χ0) is 20.2. The Morgan fingerprint density at radius 1 is 1.03 bits per heavy atom. The van der Waals surface area contributed by atoms with Gasteiger partial charge in [0.05, 0.1) is 18.1 Å². The Bertz CT molecular complexity index is 1150. The molecule has 1 heterocycles. The van der Waals surface area contributed by atoms with Crippen LogP contribution >= 0.6 is 0 Å². The maximum absolute atomic E-state index is 12.3. The average Bonchev–Trinajstić information content (AvgIpc) is 3.10. The molecule has 0 saturated heterocycles. The van der Waals surface area contributed by atoms with Gasteiger partial charge in [-0.05, 0) is 60.5 Å². The highest BCUT2D eigenvalue weighted by molar-refractivity contribution is 5.91. The molecular weight excluding hydrogens is 362 g/mol. The van der Waals surface area contributed by atoms with Gasteiger partial charge >= 0.3 is 0 Å². The minimum Gasteiger partial charge on any atom is -0.497 e. The van der Waals surface area contributed by atoms with Crippen LogP contribution < -0.4 is 10.1 Å². The summed E-state index contributed by atoms with van der Waals surface area (Å²) >= 11 is 0. The number of aromatic nitrogens is 2. The van der Waals surface area contributed by atoms with Crippen LogP contribution in [0.25, 0.3) is 22.4 Å². The van der Waals surface area contributed by atoms with Crippen LogP contribution in [0.15, 0.2) is 72.8 Å². The Hall–Kier alpha value is -3.60. The van der Waals surface area contributed by atoms with Crippen molar-refractivity contribution >= 4 is 22.6 Å². The van der Waals surface area contributed by atoms with Gasteiger partial charge in [0.2, 0.25) is 5.91 Å². The van der Waals surface area contributed by atoms with Crippen molar-refractivity contribution in [1.29, 1.82) is 0 Å². The first-order valence-electron chi connectivity index (χ1n) is 9.59. The third-order valence-electron chi connectivity index (χ3n) is 4.99. The maximum atomic E-state index is 12.3. The third kappa shape index (κ3) is 4.14. The molecule has 0 radical (unpaired) electrons. The molecule has 29 heavy (non-hydrogen) atoms. The number of carbonyl (C=O) groups excluding carboxylic acids is 1. The first-order valence-corrected chi connectivity index (χ1v) is 9.59. The molecule has 5 nitrogen and oxygen atoms in total. The number of fused-ring (bicyclic) bond motifs is 1. The minimum absolute atomic E-state index is 0.0108. The molecule has 4 rings (SSSR count). The topological polar surface area (TPSA) is 56.1 Å². The fraction of sp³-hybridized carbons (Fsp3) is 0.167. The Morgan fingerprint density at radius 2 is 1.83 bits per heavy atom. The van der Waals surface area contributed by atoms with Crippen LogP contribution in [-0.4, -0.2) is 22.6 Å². The first-order chi connectivity index (χ1) is 14.1. The van der Waals surface area contributed by atoms with E-state index in [2.05, 4.69) is 16.0 Å². The SMILES string of the molecule is COc1cccc(CCC(=O)Nc2ccc(-c3nc4ccccc4n3C)cc2)c1. The van der Waals surface area contributed by atoms with Crippen molar-refractivity contribution in [3.8, 4) is 17.1 Å². The fourth-order valence-electron chi connectivity index (χ4n) is 3.42. The second-order valence-electron chi connectivity index (χ2n) is 6.96. The van der Waals surface area contributed by atoms with Gasteiger partial charge in [0.25, 0.3) is 0 Å². The smallest absolute Gasteiger partial charge is 0.224 e. The predicted molar refractivity (Wildman–Crippen MR) is 116 cm³/mol. The van der Waals surface area contributed by atoms with Crippen molar-refractivity contribution < 1.29 is 9.53 Å². The molecule has 146 valence electrons. The summed E-state index contributed by atoms with van der Waals surface area (Å²) in [7, 11) is 3.65. The molecule has 0 aliphatic heterocycles. The highest BCUT2D eigenvalue weighted by Gasteiger charge is 2.10. The highest BCUT2D eigenvalue weighted by Crippen LogP contribution is 2.25. The van der Waals surface area contributed by atoms with Gasteiger partial charge in [0, 0.05) is 24.7 Å². The van der Waals surface area contributed by atoms with E-state index in [-0.39, 0.29) is 5.91 Å². The Morgan fingerprint density at radius 3 is 2.59 bits per heavy atom. The van der Waals surface area contributed by atoms with E-state index in [0.717, 1.165) is 39.4 Å². The summed E-state index contributed by atoms with van der Waals surface area (Å²) in [4.78, 5) is 17.0. The predicted octanol–water partition coefficient (Wildman–Crippen LogP) is 4.82. The maximum Gasteiger partial charge on any atom is 0.224 e. The van der Waals surface area contributed by atoms with E-state index >= 15 is 0 Å². The van der Waals surface area contributed by atoms with E-state index in [1.54, 1.807) is 7.11 Å². The van der Waals surface area contributed by atoms with Crippen molar-refractivity contribution in [2.45, 2.75) is 12.8 Å². The molecular formula is C24H23N3O2. The number of benzene rings is 3. The molecule has 4 aromatic rings. The molecule has 1 aromatic heterocycles. The van der Waals surface area contributed by atoms with E-state index in [9.17, 15) is 4.79 Å². The number of para-hydroxylation sites is 2. The highest BCUT2D eigenvalue weighted by atomic mass is 16.5. The van der Waals surface area contributed by atoms with E-state index in [1.807, 2.05) is 73.8 Å². The number of hydrogen-bond acceptors (Lipinski definition) is 3. The number of aryl methyl sites for hydroxylation is 2. The van der Waals surface area contributed by atoms with E-state index in [1.165, 1.54) is 0 Å². The quantitative estimate of drug-likeness (QED) is 0.518. The zero-order valence-corrected chi connectivity index (χ0v) is 16.6. The summed E-state index contributed by atoms with van der Waals surface area (Å²) in [6.45, 7) is 0. The molecule has 1 amide bonds. The summed E-state index contributed by atoms with van der Waals surface area (Å²) in [6.07, 6.45) is 1.08. The average molecular weight is 385 g/mol. The Labute approximate surface area is 170 Å². The lowest BCUT2D eigenvalue weighted by atomic mass is 10.1. The van der Waals surface area contributed by atoms with Gasteiger partial charge in [-0.15, -0.1) is 0 Å². The zero-order valence-electron chi connectivity index (χ0n) is 16.6. The van der Waals surface area contributed by atoms with Crippen LogP contribution in [0.2, 0.25) is 0 Å². The van der Waals surface area contributed by atoms with E-state index < -0.39 is 0 Å². The molecule has 1 N–H and O–H groups in total. The van der Waals surface area contributed by atoms with Crippen molar-refractivity contribution in [1.82, 2.24) is 9.55 Å². The molecule has 0 bridgehead atoms. The summed E-state index contributed by atoms with van der Waals surface area (Å²) in [5, 5.41) is 2.96. The molecule has 3 aromatic carbocycles. The number of ether oxygens (including phenoxy) is 1. The molecule has 0 atom stereocenters. The van der Waals surface area contributed by atoms with Crippen LogP contribution in [-0.2, 0) is 18.3 Å². The normalized spacial score (nSPS) is 10.8. The number of anilines is 1. The van der Waals surface area contributed by atoms with Gasteiger partial charge in [-0.3, -0.25) is 4.79 Å². The Balaban J connectivity index is 1.41. The van der Waals surface area contributed by atoms with Crippen LogP contribution in [0.5, 0.6) is 5.75 Å². The first kappa shape index (κ1) is 18.7. The molecule has 0 aliphatic rings. The molecule has 0 spiro atoms. The summed E-state index contributed by atoms with van der Waals surface area (Å²) in [6, 6.07) is 23.7. The Kier molecular flexibility index (Phi) is 5.29.